The number of nitrogens with one attached hydrogen (secondary N) is 1. The molecule has 1 unspecified atom stereocenters. The third kappa shape index (κ3) is 4.51. The molecule has 3 aromatic rings. The number of benzene rings is 1. The van der Waals surface area contributed by atoms with Gasteiger partial charge in [-0.3, -0.25) is 4.79 Å². The van der Waals surface area contributed by atoms with Gasteiger partial charge >= 0.3 is 0 Å². The Hall–Kier alpha value is -3.48. The average Bonchev–Trinajstić information content (AvgIpc) is 2.80. The van der Waals surface area contributed by atoms with Crippen LogP contribution in [-0.4, -0.2) is 47.0 Å². The summed E-state index contributed by atoms with van der Waals surface area (Å²) in [7, 11) is 0. The Labute approximate surface area is 170 Å². The summed E-state index contributed by atoms with van der Waals surface area (Å²) >= 11 is 0. The van der Waals surface area contributed by atoms with Gasteiger partial charge in [-0.15, -0.1) is 0 Å². The lowest BCUT2D eigenvalue weighted by Crippen LogP contribution is -2.47. The topological polar surface area (TPSA) is 74.2 Å². The summed E-state index contributed by atoms with van der Waals surface area (Å²) in [6, 6.07) is 17.4. The molecule has 3 heterocycles. The molecule has 1 atom stereocenters. The van der Waals surface area contributed by atoms with Crippen LogP contribution in [0.3, 0.4) is 0 Å². The molecule has 29 heavy (non-hydrogen) atoms. The van der Waals surface area contributed by atoms with Crippen molar-refractivity contribution in [2.75, 3.05) is 36.0 Å². The Morgan fingerprint density at radius 2 is 1.62 bits per heavy atom. The first kappa shape index (κ1) is 18.9. The van der Waals surface area contributed by atoms with E-state index in [9.17, 15) is 4.79 Å². The van der Waals surface area contributed by atoms with Crippen molar-refractivity contribution in [1.82, 2.24) is 20.3 Å². The van der Waals surface area contributed by atoms with E-state index in [1.165, 1.54) is 0 Å². The predicted molar refractivity (Wildman–Crippen MR) is 113 cm³/mol. The minimum absolute atomic E-state index is 0.0935. The number of hydrogen-bond donors (Lipinski definition) is 1. The van der Waals surface area contributed by atoms with Crippen LogP contribution in [0.25, 0.3) is 0 Å². The number of carbonyl (C=O) groups is 1. The number of hydrogen-bond acceptors (Lipinski definition) is 6. The predicted octanol–water partition coefficient (Wildman–Crippen LogP) is 2.69. The number of aromatic nitrogens is 3. The largest absolute Gasteiger partial charge is 0.353 e. The summed E-state index contributed by atoms with van der Waals surface area (Å²) in [5.74, 6) is 1.37. The van der Waals surface area contributed by atoms with Gasteiger partial charge in [0.2, 0.25) is 5.95 Å². The van der Waals surface area contributed by atoms with Crippen molar-refractivity contribution >= 4 is 17.7 Å². The average molecular weight is 388 g/mol. The number of nitrogens with zero attached hydrogens (tertiary/aromatic N) is 5. The summed E-state index contributed by atoms with van der Waals surface area (Å²) < 4.78 is 0. The Kier molecular flexibility index (Phi) is 5.65. The lowest BCUT2D eigenvalue weighted by molar-refractivity contribution is 0.0934. The summed E-state index contributed by atoms with van der Waals surface area (Å²) in [5, 5.41) is 3.01. The van der Waals surface area contributed by atoms with E-state index in [1.54, 1.807) is 12.3 Å². The molecule has 2 aromatic heterocycles. The number of piperazine rings is 1. The van der Waals surface area contributed by atoms with Gasteiger partial charge in [0.05, 0.1) is 6.04 Å². The van der Waals surface area contributed by atoms with Crippen LogP contribution in [0.5, 0.6) is 0 Å². The van der Waals surface area contributed by atoms with Crippen molar-refractivity contribution in [3.8, 4) is 0 Å². The molecule has 0 aliphatic carbocycles. The third-order valence-corrected chi connectivity index (χ3v) is 5.06. The molecular weight excluding hydrogens is 364 g/mol. The number of anilines is 2. The number of amides is 1. The molecule has 0 radical (unpaired) electrons. The zero-order valence-corrected chi connectivity index (χ0v) is 16.4. The van der Waals surface area contributed by atoms with Crippen molar-refractivity contribution in [3.05, 3.63) is 78.2 Å². The molecule has 7 nitrogen and oxygen atoms in total. The second-order valence-corrected chi connectivity index (χ2v) is 7.01. The van der Waals surface area contributed by atoms with Gasteiger partial charge in [-0.2, -0.15) is 0 Å². The molecule has 7 heteroatoms. The first-order chi connectivity index (χ1) is 14.2. The van der Waals surface area contributed by atoms with E-state index in [4.69, 9.17) is 0 Å². The van der Waals surface area contributed by atoms with Crippen LogP contribution in [-0.2, 0) is 0 Å². The number of carbonyl (C=O) groups excluding carboxylic acids is 1. The fourth-order valence-electron chi connectivity index (χ4n) is 3.40. The normalized spacial score (nSPS) is 15.1. The molecule has 1 fully saturated rings. The van der Waals surface area contributed by atoms with Crippen molar-refractivity contribution in [2.45, 2.75) is 13.0 Å². The van der Waals surface area contributed by atoms with Crippen LogP contribution in [0.2, 0.25) is 0 Å². The van der Waals surface area contributed by atoms with E-state index in [1.807, 2.05) is 61.7 Å². The molecule has 1 aliphatic rings. The molecule has 1 N–H and O–H groups in total. The van der Waals surface area contributed by atoms with Crippen LogP contribution in [0, 0.1) is 0 Å². The van der Waals surface area contributed by atoms with Crippen LogP contribution < -0.4 is 15.1 Å². The van der Waals surface area contributed by atoms with Gasteiger partial charge in [-0.1, -0.05) is 36.4 Å². The highest BCUT2D eigenvalue weighted by molar-refractivity contribution is 5.92. The van der Waals surface area contributed by atoms with Gasteiger partial charge in [0.25, 0.3) is 5.91 Å². The highest BCUT2D eigenvalue weighted by Gasteiger charge is 2.21. The molecule has 1 amide bonds. The molecule has 0 bridgehead atoms. The summed E-state index contributed by atoms with van der Waals surface area (Å²) in [6.45, 7) is 5.19. The quantitative estimate of drug-likeness (QED) is 0.724. The molecular formula is C22H24N6O. The zero-order chi connectivity index (χ0) is 20.1. The van der Waals surface area contributed by atoms with Crippen LogP contribution in [0.4, 0.5) is 11.8 Å². The van der Waals surface area contributed by atoms with Crippen LogP contribution in [0.15, 0.2) is 67.0 Å². The van der Waals surface area contributed by atoms with Gasteiger partial charge < -0.3 is 15.1 Å². The van der Waals surface area contributed by atoms with E-state index in [2.05, 4.69) is 30.1 Å². The number of pyridine rings is 1. The smallest absolute Gasteiger partial charge is 0.270 e. The summed E-state index contributed by atoms with van der Waals surface area (Å²) in [6.07, 6.45) is 3.46. The Balaban J connectivity index is 1.39. The molecule has 1 saturated heterocycles. The Morgan fingerprint density at radius 1 is 0.897 bits per heavy atom. The molecule has 0 spiro atoms. The lowest BCUT2D eigenvalue weighted by Gasteiger charge is -2.35. The summed E-state index contributed by atoms with van der Waals surface area (Å²) in [4.78, 5) is 30.3. The van der Waals surface area contributed by atoms with Crippen LogP contribution in [0.1, 0.15) is 29.0 Å². The van der Waals surface area contributed by atoms with E-state index < -0.39 is 0 Å². The first-order valence-electron chi connectivity index (χ1n) is 9.80. The highest BCUT2D eigenvalue weighted by atomic mass is 16.1. The monoisotopic (exact) mass is 388 g/mol. The van der Waals surface area contributed by atoms with E-state index in [0.717, 1.165) is 37.6 Å². The van der Waals surface area contributed by atoms with Gasteiger partial charge in [-0.05, 0) is 30.7 Å². The van der Waals surface area contributed by atoms with Crippen molar-refractivity contribution in [3.63, 3.8) is 0 Å². The second-order valence-electron chi connectivity index (χ2n) is 7.01. The van der Waals surface area contributed by atoms with Crippen molar-refractivity contribution in [1.29, 1.82) is 0 Å². The molecule has 148 valence electrons. The summed E-state index contributed by atoms with van der Waals surface area (Å²) in [5.41, 5.74) is 1.44. The van der Waals surface area contributed by atoms with Gasteiger partial charge in [0.1, 0.15) is 11.5 Å². The molecule has 4 rings (SSSR count). The van der Waals surface area contributed by atoms with Crippen molar-refractivity contribution in [2.24, 2.45) is 0 Å². The van der Waals surface area contributed by atoms with Crippen LogP contribution >= 0.6 is 0 Å². The molecule has 1 aromatic carbocycles. The highest BCUT2D eigenvalue weighted by Crippen LogP contribution is 2.17. The third-order valence-electron chi connectivity index (χ3n) is 5.06. The molecule has 1 aliphatic heterocycles. The van der Waals surface area contributed by atoms with E-state index >= 15 is 0 Å². The standard InChI is InChI=1S/C22H24N6O/c1-17(18-7-3-2-4-8-18)25-21(29)19-10-12-24-22(26-19)28-15-13-27(14-16-28)20-9-5-6-11-23-20/h2-12,17H,13-16H2,1H3,(H,25,29). The van der Waals surface area contributed by atoms with Gasteiger partial charge in [0.15, 0.2) is 0 Å². The lowest BCUT2D eigenvalue weighted by atomic mass is 10.1. The zero-order valence-electron chi connectivity index (χ0n) is 16.4. The fourth-order valence-corrected chi connectivity index (χ4v) is 3.40. The maximum absolute atomic E-state index is 12.7. The van der Waals surface area contributed by atoms with Gasteiger partial charge in [0, 0.05) is 38.6 Å². The maximum atomic E-state index is 12.7. The Bertz CT molecular complexity index is 942. The van der Waals surface area contributed by atoms with E-state index in [-0.39, 0.29) is 11.9 Å². The SMILES string of the molecule is CC(NC(=O)c1ccnc(N2CCN(c3ccccn3)CC2)n1)c1ccccc1. The first-order valence-corrected chi connectivity index (χ1v) is 9.80. The van der Waals surface area contributed by atoms with Crippen molar-refractivity contribution < 1.29 is 4.79 Å². The number of rotatable bonds is 5. The fraction of sp³-hybridized carbons (Fsp3) is 0.273. The van der Waals surface area contributed by atoms with E-state index in [0.29, 0.717) is 11.6 Å². The van der Waals surface area contributed by atoms with Gasteiger partial charge in [-0.25, -0.2) is 15.0 Å². The minimum Gasteiger partial charge on any atom is -0.353 e. The minimum atomic E-state index is -0.197. The Morgan fingerprint density at radius 3 is 2.34 bits per heavy atom. The molecule has 0 saturated carbocycles. The maximum Gasteiger partial charge on any atom is 0.270 e. The second kappa shape index (κ2) is 8.68.